The number of nitrogens with zero attached hydrogens (tertiary/aromatic N) is 3. The summed E-state index contributed by atoms with van der Waals surface area (Å²) in [4.78, 5) is 2.08. The van der Waals surface area contributed by atoms with Crippen molar-refractivity contribution in [2.24, 2.45) is 7.05 Å². The summed E-state index contributed by atoms with van der Waals surface area (Å²) in [5.74, 6) is 1.50. The lowest BCUT2D eigenvalue weighted by atomic mass is 10.2. The van der Waals surface area contributed by atoms with Crippen LogP contribution < -0.4 is 9.47 Å². The number of ether oxygens (including phenoxy) is 2. The Morgan fingerprint density at radius 2 is 1.83 bits per heavy atom. The molecule has 1 aromatic heterocycles. The second kappa shape index (κ2) is 8.17. The van der Waals surface area contributed by atoms with E-state index in [0.717, 1.165) is 29.4 Å². The zero-order valence-corrected chi connectivity index (χ0v) is 15.1. The van der Waals surface area contributed by atoms with Crippen molar-refractivity contribution >= 4 is 0 Å². The summed E-state index contributed by atoms with van der Waals surface area (Å²) in [7, 11) is 5.56. The monoisotopic (exact) mass is 333 g/mol. The van der Waals surface area contributed by atoms with Gasteiger partial charge >= 0.3 is 0 Å². The lowest BCUT2D eigenvalue weighted by molar-refractivity contribution is 0.0742. The summed E-state index contributed by atoms with van der Waals surface area (Å²) in [6, 6.07) is 7.33. The molecule has 1 atom stereocenters. The summed E-state index contributed by atoms with van der Waals surface area (Å²) in [5, 5.41) is 14.6. The van der Waals surface area contributed by atoms with Gasteiger partial charge in [-0.3, -0.25) is 9.58 Å². The Kier molecular flexibility index (Phi) is 6.23. The molecular weight excluding hydrogens is 306 g/mol. The number of aliphatic hydroxyl groups is 1. The van der Waals surface area contributed by atoms with Crippen molar-refractivity contribution in [1.82, 2.24) is 14.7 Å². The lowest BCUT2D eigenvalue weighted by Crippen LogP contribution is -2.33. The van der Waals surface area contributed by atoms with Gasteiger partial charge in [-0.25, -0.2) is 0 Å². The number of aromatic nitrogens is 2. The van der Waals surface area contributed by atoms with E-state index in [0.29, 0.717) is 6.54 Å². The van der Waals surface area contributed by atoms with Crippen LogP contribution in [0.4, 0.5) is 0 Å². The fraction of sp³-hybridized carbons (Fsp3) is 0.500. The molecule has 6 heteroatoms. The van der Waals surface area contributed by atoms with Crippen LogP contribution in [0.25, 0.3) is 0 Å². The van der Waals surface area contributed by atoms with E-state index in [4.69, 9.17) is 9.47 Å². The topological polar surface area (TPSA) is 59.8 Å². The fourth-order valence-electron chi connectivity index (χ4n) is 2.66. The smallest absolute Gasteiger partial charge is 0.119 e. The van der Waals surface area contributed by atoms with Crippen molar-refractivity contribution in [3.8, 4) is 11.5 Å². The maximum Gasteiger partial charge on any atom is 0.119 e. The van der Waals surface area contributed by atoms with Crippen LogP contribution in [-0.2, 0) is 13.6 Å². The van der Waals surface area contributed by atoms with Crippen molar-refractivity contribution in [3.63, 3.8) is 0 Å². The van der Waals surface area contributed by atoms with Gasteiger partial charge in [-0.05, 0) is 45.2 Å². The SMILES string of the molecule is COc1ccc(OCC(O)CN(C)Cc2c(C)nn(C)c2C)cc1. The molecule has 6 nitrogen and oxygen atoms in total. The van der Waals surface area contributed by atoms with Crippen LogP contribution in [0.15, 0.2) is 24.3 Å². The third-order valence-electron chi connectivity index (χ3n) is 4.11. The van der Waals surface area contributed by atoms with Crippen molar-refractivity contribution in [3.05, 3.63) is 41.2 Å². The van der Waals surface area contributed by atoms with Gasteiger partial charge in [0.15, 0.2) is 0 Å². The Bertz CT molecular complexity index is 652. The zero-order valence-electron chi connectivity index (χ0n) is 15.1. The third kappa shape index (κ3) is 4.72. The molecule has 2 aromatic rings. The van der Waals surface area contributed by atoms with E-state index in [1.54, 1.807) is 7.11 Å². The van der Waals surface area contributed by atoms with Crippen LogP contribution in [0, 0.1) is 13.8 Å². The summed E-state index contributed by atoms with van der Waals surface area (Å²) in [6.07, 6.45) is -0.561. The number of likely N-dealkylation sites (N-methyl/N-ethyl adjacent to an activating group) is 1. The van der Waals surface area contributed by atoms with E-state index in [1.807, 2.05) is 50.0 Å². The van der Waals surface area contributed by atoms with Crippen molar-refractivity contribution in [1.29, 1.82) is 0 Å². The molecule has 1 unspecified atom stereocenters. The molecule has 0 aliphatic heterocycles. The van der Waals surface area contributed by atoms with Crippen molar-refractivity contribution < 1.29 is 14.6 Å². The minimum absolute atomic E-state index is 0.252. The molecule has 1 aromatic carbocycles. The quantitative estimate of drug-likeness (QED) is 0.800. The molecule has 2 rings (SSSR count). The van der Waals surface area contributed by atoms with E-state index in [1.165, 1.54) is 5.56 Å². The number of hydrogen-bond acceptors (Lipinski definition) is 5. The molecular formula is C18H27N3O3. The van der Waals surface area contributed by atoms with Gasteiger partial charge in [0.1, 0.15) is 24.2 Å². The Labute approximate surface area is 143 Å². The van der Waals surface area contributed by atoms with E-state index < -0.39 is 6.10 Å². The molecule has 132 valence electrons. The number of aryl methyl sites for hydroxylation is 2. The van der Waals surface area contributed by atoms with Gasteiger partial charge in [0.25, 0.3) is 0 Å². The molecule has 1 heterocycles. The third-order valence-corrected chi connectivity index (χ3v) is 4.11. The first-order valence-electron chi connectivity index (χ1n) is 8.03. The Morgan fingerprint density at radius 3 is 2.38 bits per heavy atom. The molecule has 0 radical (unpaired) electrons. The molecule has 0 fully saturated rings. The second-order valence-electron chi connectivity index (χ2n) is 6.11. The molecule has 0 amide bonds. The molecule has 24 heavy (non-hydrogen) atoms. The van der Waals surface area contributed by atoms with Crippen LogP contribution in [0.3, 0.4) is 0 Å². The molecule has 1 N–H and O–H groups in total. The van der Waals surface area contributed by atoms with Crippen LogP contribution in [0.5, 0.6) is 11.5 Å². The van der Waals surface area contributed by atoms with Gasteiger partial charge in [-0.15, -0.1) is 0 Å². The van der Waals surface area contributed by atoms with E-state index in [-0.39, 0.29) is 6.61 Å². The number of benzene rings is 1. The van der Waals surface area contributed by atoms with Gasteiger partial charge < -0.3 is 14.6 Å². The molecule has 0 saturated carbocycles. The van der Waals surface area contributed by atoms with Crippen molar-refractivity contribution in [2.75, 3.05) is 27.3 Å². The highest BCUT2D eigenvalue weighted by molar-refractivity contribution is 5.31. The molecule has 0 saturated heterocycles. The average Bonchev–Trinajstić information content (AvgIpc) is 2.79. The summed E-state index contributed by atoms with van der Waals surface area (Å²) in [5.41, 5.74) is 3.40. The van der Waals surface area contributed by atoms with Gasteiger partial charge in [0.05, 0.1) is 12.8 Å². The maximum absolute atomic E-state index is 10.2. The number of methoxy groups -OCH3 is 1. The summed E-state index contributed by atoms with van der Waals surface area (Å²) < 4.78 is 12.6. The standard InChI is InChI=1S/C18H27N3O3/c1-13-18(14(2)21(4)19-13)11-20(3)10-15(22)12-24-17-8-6-16(23-5)7-9-17/h6-9,15,22H,10-12H2,1-5H3. The predicted molar refractivity (Wildman–Crippen MR) is 93.5 cm³/mol. The maximum atomic E-state index is 10.2. The summed E-state index contributed by atoms with van der Waals surface area (Å²) >= 11 is 0. The largest absolute Gasteiger partial charge is 0.497 e. The van der Waals surface area contributed by atoms with Gasteiger partial charge in [0.2, 0.25) is 0 Å². The van der Waals surface area contributed by atoms with Gasteiger partial charge in [-0.1, -0.05) is 0 Å². The lowest BCUT2D eigenvalue weighted by Gasteiger charge is -2.21. The van der Waals surface area contributed by atoms with E-state index >= 15 is 0 Å². The fourth-order valence-corrected chi connectivity index (χ4v) is 2.66. The first-order chi connectivity index (χ1) is 11.4. The normalized spacial score (nSPS) is 12.5. The van der Waals surface area contributed by atoms with Crippen molar-refractivity contribution in [2.45, 2.75) is 26.5 Å². The minimum Gasteiger partial charge on any atom is -0.497 e. The Balaban J connectivity index is 1.81. The predicted octanol–water partition coefficient (Wildman–Crippen LogP) is 1.92. The number of rotatable bonds is 8. The van der Waals surface area contributed by atoms with Crippen LogP contribution in [0.1, 0.15) is 17.0 Å². The highest BCUT2D eigenvalue weighted by atomic mass is 16.5. The van der Waals surface area contributed by atoms with Gasteiger partial charge in [-0.2, -0.15) is 5.10 Å². The summed E-state index contributed by atoms with van der Waals surface area (Å²) in [6.45, 7) is 5.61. The zero-order chi connectivity index (χ0) is 17.7. The molecule has 0 bridgehead atoms. The molecule has 0 spiro atoms. The highest BCUT2D eigenvalue weighted by Crippen LogP contribution is 2.17. The second-order valence-corrected chi connectivity index (χ2v) is 6.11. The van der Waals surface area contributed by atoms with Gasteiger partial charge in [0, 0.05) is 31.4 Å². The Hall–Kier alpha value is -2.05. The molecule has 0 aliphatic rings. The minimum atomic E-state index is -0.561. The van der Waals surface area contributed by atoms with E-state index in [9.17, 15) is 5.11 Å². The molecule has 0 aliphatic carbocycles. The van der Waals surface area contributed by atoms with Crippen LogP contribution in [0.2, 0.25) is 0 Å². The van der Waals surface area contributed by atoms with E-state index in [2.05, 4.69) is 16.9 Å². The Morgan fingerprint density at radius 1 is 1.21 bits per heavy atom. The first kappa shape index (κ1) is 18.3. The number of hydrogen-bond donors (Lipinski definition) is 1. The highest BCUT2D eigenvalue weighted by Gasteiger charge is 2.14. The number of aliphatic hydroxyl groups excluding tert-OH is 1. The first-order valence-corrected chi connectivity index (χ1v) is 8.03. The van der Waals surface area contributed by atoms with Crippen LogP contribution in [-0.4, -0.2) is 53.2 Å². The average molecular weight is 333 g/mol. The van der Waals surface area contributed by atoms with Crippen LogP contribution >= 0.6 is 0 Å².